The van der Waals surface area contributed by atoms with Gasteiger partial charge in [0.15, 0.2) is 0 Å². The summed E-state index contributed by atoms with van der Waals surface area (Å²) in [5.74, 6) is 0.872. The summed E-state index contributed by atoms with van der Waals surface area (Å²) in [6.07, 6.45) is 0. The molecule has 0 aliphatic heterocycles. The van der Waals surface area contributed by atoms with E-state index in [-0.39, 0.29) is 0 Å². The molecule has 2 aromatic rings. The summed E-state index contributed by atoms with van der Waals surface area (Å²) in [6.45, 7) is 2.61. The summed E-state index contributed by atoms with van der Waals surface area (Å²) >= 11 is 12.9. The van der Waals surface area contributed by atoms with Crippen LogP contribution in [0.3, 0.4) is 0 Å². The number of rotatable bonds is 4. The smallest absolute Gasteiger partial charge is 0.118 e. The molecule has 0 aliphatic rings. The van der Waals surface area contributed by atoms with Crippen molar-refractivity contribution in [2.45, 2.75) is 24.1 Å². The summed E-state index contributed by atoms with van der Waals surface area (Å²) in [5, 5.41) is 2.58. The van der Waals surface area contributed by atoms with E-state index in [4.69, 9.17) is 22.1 Å². The number of alkyl halides is 2. The Morgan fingerprint density at radius 1 is 1.05 bits per heavy atom. The van der Waals surface area contributed by atoms with Gasteiger partial charge in [0.2, 0.25) is 0 Å². The number of nitrogens with two attached hydrogens (primary N) is 1. The third-order valence-electron chi connectivity index (χ3n) is 3.16. The monoisotopic (exact) mass is 447 g/mol. The predicted molar refractivity (Wildman–Crippen MR) is 102 cm³/mol. The highest BCUT2D eigenvalue weighted by atomic mass is 79.9. The van der Waals surface area contributed by atoms with Gasteiger partial charge in [-0.2, -0.15) is 0 Å². The van der Waals surface area contributed by atoms with Crippen LogP contribution in [0.5, 0.6) is 5.75 Å². The Labute approximate surface area is 154 Å². The van der Waals surface area contributed by atoms with E-state index in [1.807, 2.05) is 37.3 Å². The molecule has 2 aromatic carbocycles. The lowest BCUT2D eigenvalue weighted by Gasteiger charge is -2.06. The molecule has 2 nitrogen and oxygen atoms in total. The highest BCUT2D eigenvalue weighted by molar-refractivity contribution is 9.09. The molecular formula is C17H20Br2ClNO. The van der Waals surface area contributed by atoms with E-state index in [1.54, 1.807) is 7.11 Å². The fraction of sp³-hybridized carbons (Fsp3) is 0.294. The van der Waals surface area contributed by atoms with E-state index in [0.717, 1.165) is 32.6 Å². The molecule has 0 saturated carbocycles. The first-order chi connectivity index (χ1) is 10.5. The number of halogens is 3. The summed E-state index contributed by atoms with van der Waals surface area (Å²) in [6, 6.07) is 11.9. The van der Waals surface area contributed by atoms with Crippen LogP contribution in [0.4, 0.5) is 0 Å². The second kappa shape index (κ2) is 10.3. The van der Waals surface area contributed by atoms with Gasteiger partial charge in [-0.15, -0.1) is 0 Å². The van der Waals surface area contributed by atoms with Gasteiger partial charge in [-0.05, 0) is 47.4 Å². The predicted octanol–water partition coefficient (Wildman–Crippen LogP) is 5.59. The van der Waals surface area contributed by atoms with E-state index in [1.165, 1.54) is 11.1 Å². The molecule has 5 heteroatoms. The average molecular weight is 450 g/mol. The highest BCUT2D eigenvalue weighted by Crippen LogP contribution is 2.24. The van der Waals surface area contributed by atoms with Crippen LogP contribution < -0.4 is 10.5 Å². The number of aryl methyl sites for hydroxylation is 1. The molecule has 0 aliphatic carbocycles. The lowest BCUT2D eigenvalue weighted by Crippen LogP contribution is -1.95. The Morgan fingerprint density at radius 2 is 1.59 bits per heavy atom. The SMILES string of the molecule is COc1ccc(CN)cc1.Cc1cc(CBr)c(CBr)cc1Cl. The van der Waals surface area contributed by atoms with Crippen molar-refractivity contribution < 1.29 is 4.74 Å². The molecule has 0 spiro atoms. The van der Waals surface area contributed by atoms with E-state index in [9.17, 15) is 0 Å². The molecule has 0 aromatic heterocycles. The number of hydrogen-bond donors (Lipinski definition) is 1. The molecule has 0 heterocycles. The van der Waals surface area contributed by atoms with Gasteiger partial charge in [0.05, 0.1) is 7.11 Å². The third-order valence-corrected chi connectivity index (χ3v) is 4.78. The van der Waals surface area contributed by atoms with Gasteiger partial charge in [-0.1, -0.05) is 61.7 Å². The topological polar surface area (TPSA) is 35.2 Å². The minimum Gasteiger partial charge on any atom is -0.497 e. The van der Waals surface area contributed by atoms with Crippen molar-refractivity contribution in [1.29, 1.82) is 0 Å². The van der Waals surface area contributed by atoms with Crippen molar-refractivity contribution in [2.24, 2.45) is 5.73 Å². The Hall–Kier alpha value is -0.550. The second-order valence-corrected chi connectivity index (χ2v) is 6.22. The molecule has 22 heavy (non-hydrogen) atoms. The Morgan fingerprint density at radius 3 is 2.05 bits per heavy atom. The molecule has 2 rings (SSSR count). The van der Waals surface area contributed by atoms with E-state index < -0.39 is 0 Å². The first-order valence-corrected chi connectivity index (χ1v) is 9.40. The molecule has 0 saturated heterocycles. The maximum absolute atomic E-state index is 5.99. The van der Waals surface area contributed by atoms with Gasteiger partial charge in [0.1, 0.15) is 5.75 Å². The van der Waals surface area contributed by atoms with Crippen molar-refractivity contribution >= 4 is 43.5 Å². The first-order valence-electron chi connectivity index (χ1n) is 6.78. The number of hydrogen-bond acceptors (Lipinski definition) is 2. The largest absolute Gasteiger partial charge is 0.497 e. The molecule has 0 unspecified atom stereocenters. The minimum absolute atomic E-state index is 0.587. The first kappa shape index (κ1) is 19.5. The molecule has 0 amide bonds. The molecular weight excluding hydrogens is 429 g/mol. The molecule has 0 radical (unpaired) electrons. The lowest BCUT2D eigenvalue weighted by atomic mass is 10.1. The maximum atomic E-state index is 5.99. The van der Waals surface area contributed by atoms with Crippen LogP contribution in [-0.2, 0) is 17.2 Å². The fourth-order valence-electron chi connectivity index (χ4n) is 1.79. The van der Waals surface area contributed by atoms with Crippen molar-refractivity contribution in [3.05, 3.63) is 63.7 Å². The average Bonchev–Trinajstić information content (AvgIpc) is 2.57. The standard InChI is InChI=1S/C9H9Br2Cl.C8H11NO/c1-6-2-7(4-10)8(5-11)3-9(6)12;1-10-8-4-2-7(6-9)3-5-8/h2-3H,4-5H2,1H3;2-5H,6,9H2,1H3. The summed E-state index contributed by atoms with van der Waals surface area (Å²) in [4.78, 5) is 0. The normalized spacial score (nSPS) is 9.91. The zero-order valence-electron chi connectivity index (χ0n) is 12.7. The zero-order chi connectivity index (χ0) is 16.5. The molecule has 0 atom stereocenters. The van der Waals surface area contributed by atoms with Crippen LogP contribution in [0.1, 0.15) is 22.3 Å². The summed E-state index contributed by atoms with van der Waals surface area (Å²) in [5.41, 5.74) is 10.2. The highest BCUT2D eigenvalue weighted by Gasteiger charge is 2.03. The van der Waals surface area contributed by atoms with Crippen molar-refractivity contribution in [3.8, 4) is 5.75 Å². The molecule has 0 fully saturated rings. The Balaban J connectivity index is 0.000000224. The van der Waals surface area contributed by atoms with Gasteiger partial charge in [0.25, 0.3) is 0 Å². The number of benzene rings is 2. The number of ether oxygens (including phenoxy) is 1. The van der Waals surface area contributed by atoms with Crippen LogP contribution in [0.15, 0.2) is 36.4 Å². The van der Waals surface area contributed by atoms with Gasteiger partial charge in [-0.25, -0.2) is 0 Å². The summed E-state index contributed by atoms with van der Waals surface area (Å²) < 4.78 is 4.97. The lowest BCUT2D eigenvalue weighted by molar-refractivity contribution is 0.414. The van der Waals surface area contributed by atoms with Crippen molar-refractivity contribution in [2.75, 3.05) is 7.11 Å². The van der Waals surface area contributed by atoms with E-state index in [2.05, 4.69) is 37.9 Å². The molecule has 0 bridgehead atoms. The van der Waals surface area contributed by atoms with Crippen LogP contribution in [0.2, 0.25) is 5.02 Å². The van der Waals surface area contributed by atoms with Gasteiger partial charge >= 0.3 is 0 Å². The quantitative estimate of drug-likeness (QED) is 0.618. The summed E-state index contributed by atoms with van der Waals surface area (Å²) in [7, 11) is 1.65. The Bertz CT molecular complexity index is 536. The van der Waals surface area contributed by atoms with Gasteiger partial charge < -0.3 is 10.5 Å². The third kappa shape index (κ3) is 5.92. The van der Waals surface area contributed by atoms with Crippen molar-refractivity contribution in [1.82, 2.24) is 0 Å². The maximum Gasteiger partial charge on any atom is 0.118 e. The fourth-order valence-corrected chi connectivity index (χ4v) is 3.02. The number of methoxy groups -OCH3 is 1. The molecule has 120 valence electrons. The Kier molecular flexibility index (Phi) is 9.10. The van der Waals surface area contributed by atoms with Crippen molar-refractivity contribution in [3.63, 3.8) is 0 Å². The zero-order valence-corrected chi connectivity index (χ0v) is 16.6. The van der Waals surface area contributed by atoms with E-state index in [0.29, 0.717) is 6.54 Å². The van der Waals surface area contributed by atoms with Crippen LogP contribution >= 0.6 is 43.5 Å². The van der Waals surface area contributed by atoms with E-state index >= 15 is 0 Å². The van der Waals surface area contributed by atoms with Gasteiger partial charge in [-0.3, -0.25) is 0 Å². The minimum atomic E-state index is 0.587. The van der Waals surface area contributed by atoms with Crippen LogP contribution in [0, 0.1) is 6.92 Å². The molecule has 2 N–H and O–H groups in total. The van der Waals surface area contributed by atoms with Gasteiger partial charge in [0, 0.05) is 22.2 Å². The van der Waals surface area contributed by atoms with Crippen LogP contribution in [0.25, 0.3) is 0 Å². The second-order valence-electron chi connectivity index (χ2n) is 4.69. The van der Waals surface area contributed by atoms with Crippen LogP contribution in [-0.4, -0.2) is 7.11 Å².